The molecule has 0 aromatic heterocycles. The minimum absolute atomic E-state index is 0.295. The molecule has 0 saturated carbocycles. The van der Waals surface area contributed by atoms with Crippen LogP contribution in [-0.4, -0.2) is 24.8 Å². The predicted octanol–water partition coefficient (Wildman–Crippen LogP) is 1.64. The van der Waals surface area contributed by atoms with Crippen molar-refractivity contribution in [2.45, 2.75) is 39.7 Å². The van der Waals surface area contributed by atoms with E-state index >= 15 is 0 Å². The first-order chi connectivity index (χ1) is 5.67. The van der Waals surface area contributed by atoms with Gasteiger partial charge >= 0.3 is 0 Å². The second-order valence-electron chi connectivity index (χ2n) is 3.77. The SMILES string of the molecule is CCCC(NC)C(CO)C(C)C. The molecule has 0 aliphatic carbocycles. The molecule has 2 nitrogen and oxygen atoms in total. The Bertz CT molecular complexity index is 104. The monoisotopic (exact) mass is 173 g/mol. The first kappa shape index (κ1) is 11.9. The molecule has 12 heavy (non-hydrogen) atoms. The van der Waals surface area contributed by atoms with Crippen molar-refractivity contribution in [1.29, 1.82) is 0 Å². The molecule has 0 bridgehead atoms. The smallest absolute Gasteiger partial charge is 0.0476 e. The summed E-state index contributed by atoms with van der Waals surface area (Å²) in [4.78, 5) is 0. The molecule has 0 saturated heterocycles. The molecule has 0 aromatic rings. The molecular weight excluding hydrogens is 150 g/mol. The van der Waals surface area contributed by atoms with E-state index in [0.29, 0.717) is 24.5 Å². The average molecular weight is 173 g/mol. The van der Waals surface area contributed by atoms with Gasteiger partial charge in [-0.15, -0.1) is 0 Å². The molecule has 0 rings (SSSR count). The number of aliphatic hydroxyl groups excluding tert-OH is 1. The minimum atomic E-state index is 0.295. The Balaban J connectivity index is 4.02. The van der Waals surface area contributed by atoms with Gasteiger partial charge in [0.15, 0.2) is 0 Å². The highest BCUT2D eigenvalue weighted by atomic mass is 16.3. The average Bonchev–Trinajstić information content (AvgIpc) is 2.03. The number of hydrogen-bond acceptors (Lipinski definition) is 2. The maximum Gasteiger partial charge on any atom is 0.0476 e. The van der Waals surface area contributed by atoms with Gasteiger partial charge in [0.25, 0.3) is 0 Å². The number of rotatable bonds is 6. The lowest BCUT2D eigenvalue weighted by molar-refractivity contribution is 0.149. The van der Waals surface area contributed by atoms with E-state index in [4.69, 9.17) is 0 Å². The Morgan fingerprint density at radius 3 is 2.17 bits per heavy atom. The highest BCUT2D eigenvalue weighted by Crippen LogP contribution is 2.17. The van der Waals surface area contributed by atoms with Crippen LogP contribution in [0.4, 0.5) is 0 Å². The second-order valence-corrected chi connectivity index (χ2v) is 3.77. The largest absolute Gasteiger partial charge is 0.396 e. The van der Waals surface area contributed by atoms with Gasteiger partial charge in [0, 0.05) is 12.6 Å². The van der Waals surface area contributed by atoms with Crippen LogP contribution < -0.4 is 5.32 Å². The second kappa shape index (κ2) is 6.44. The van der Waals surface area contributed by atoms with E-state index < -0.39 is 0 Å². The fraction of sp³-hybridized carbons (Fsp3) is 1.00. The third-order valence-electron chi connectivity index (χ3n) is 2.55. The van der Waals surface area contributed by atoms with E-state index in [-0.39, 0.29) is 0 Å². The Hall–Kier alpha value is -0.0800. The number of hydrogen-bond donors (Lipinski definition) is 2. The fourth-order valence-electron chi connectivity index (χ4n) is 1.69. The van der Waals surface area contributed by atoms with Crippen LogP contribution in [0.25, 0.3) is 0 Å². The maximum absolute atomic E-state index is 9.18. The Kier molecular flexibility index (Phi) is 6.39. The molecule has 0 aliphatic rings. The van der Waals surface area contributed by atoms with Crippen LogP contribution in [0.2, 0.25) is 0 Å². The van der Waals surface area contributed by atoms with Crippen molar-refractivity contribution in [3.05, 3.63) is 0 Å². The van der Waals surface area contributed by atoms with Gasteiger partial charge < -0.3 is 10.4 Å². The molecule has 74 valence electrons. The summed E-state index contributed by atoms with van der Waals surface area (Å²) in [6.45, 7) is 6.81. The van der Waals surface area contributed by atoms with E-state index in [2.05, 4.69) is 26.1 Å². The highest BCUT2D eigenvalue weighted by Gasteiger charge is 2.21. The molecule has 2 atom stereocenters. The number of nitrogens with one attached hydrogen (secondary N) is 1. The standard InChI is InChI=1S/C10H23NO/c1-5-6-10(11-4)9(7-12)8(2)3/h8-12H,5-7H2,1-4H3. The van der Waals surface area contributed by atoms with Crippen LogP contribution in [0.15, 0.2) is 0 Å². The van der Waals surface area contributed by atoms with E-state index in [1.807, 2.05) is 7.05 Å². The zero-order valence-electron chi connectivity index (χ0n) is 8.80. The predicted molar refractivity (Wildman–Crippen MR) is 53.2 cm³/mol. The Morgan fingerprint density at radius 1 is 1.33 bits per heavy atom. The molecule has 2 N–H and O–H groups in total. The molecule has 2 heteroatoms. The lowest BCUT2D eigenvalue weighted by Crippen LogP contribution is -2.38. The van der Waals surface area contributed by atoms with Crippen molar-refractivity contribution in [1.82, 2.24) is 5.32 Å². The van der Waals surface area contributed by atoms with E-state index in [9.17, 15) is 5.11 Å². The number of aliphatic hydroxyl groups is 1. The third kappa shape index (κ3) is 3.55. The van der Waals surface area contributed by atoms with Crippen LogP contribution in [0.3, 0.4) is 0 Å². The summed E-state index contributed by atoms with van der Waals surface area (Å²) in [5.41, 5.74) is 0. The molecule has 0 aromatic carbocycles. The molecular formula is C10H23NO. The Morgan fingerprint density at radius 2 is 1.92 bits per heavy atom. The molecule has 0 aliphatic heterocycles. The van der Waals surface area contributed by atoms with Crippen molar-refractivity contribution in [2.75, 3.05) is 13.7 Å². The molecule has 0 radical (unpaired) electrons. The topological polar surface area (TPSA) is 32.3 Å². The van der Waals surface area contributed by atoms with Gasteiger partial charge in [-0.25, -0.2) is 0 Å². The van der Waals surface area contributed by atoms with Gasteiger partial charge in [-0.3, -0.25) is 0 Å². The summed E-state index contributed by atoms with van der Waals surface area (Å²) < 4.78 is 0. The summed E-state index contributed by atoms with van der Waals surface area (Å²) in [5, 5.41) is 12.5. The Labute approximate surface area is 76.4 Å². The van der Waals surface area contributed by atoms with Crippen molar-refractivity contribution < 1.29 is 5.11 Å². The van der Waals surface area contributed by atoms with Crippen LogP contribution >= 0.6 is 0 Å². The highest BCUT2D eigenvalue weighted by molar-refractivity contribution is 4.76. The first-order valence-corrected chi connectivity index (χ1v) is 4.95. The third-order valence-corrected chi connectivity index (χ3v) is 2.55. The van der Waals surface area contributed by atoms with Gasteiger partial charge in [-0.2, -0.15) is 0 Å². The van der Waals surface area contributed by atoms with Gasteiger partial charge in [0.05, 0.1) is 0 Å². The van der Waals surface area contributed by atoms with Gasteiger partial charge in [-0.05, 0) is 25.3 Å². The lowest BCUT2D eigenvalue weighted by Gasteiger charge is -2.28. The molecule has 0 spiro atoms. The van der Waals surface area contributed by atoms with Crippen molar-refractivity contribution in [3.63, 3.8) is 0 Å². The van der Waals surface area contributed by atoms with Gasteiger partial charge in [-0.1, -0.05) is 27.2 Å². The summed E-state index contributed by atoms with van der Waals surface area (Å²) in [6, 6.07) is 0.472. The van der Waals surface area contributed by atoms with Crippen LogP contribution in [-0.2, 0) is 0 Å². The van der Waals surface area contributed by atoms with Crippen LogP contribution in [0.1, 0.15) is 33.6 Å². The van der Waals surface area contributed by atoms with Gasteiger partial charge in [0.2, 0.25) is 0 Å². The first-order valence-electron chi connectivity index (χ1n) is 4.95. The molecule has 0 heterocycles. The quantitative estimate of drug-likeness (QED) is 0.640. The summed E-state index contributed by atoms with van der Waals surface area (Å²) in [7, 11) is 1.98. The lowest BCUT2D eigenvalue weighted by atomic mass is 9.87. The maximum atomic E-state index is 9.18. The van der Waals surface area contributed by atoms with Crippen LogP contribution in [0, 0.1) is 11.8 Å². The van der Waals surface area contributed by atoms with E-state index in [1.54, 1.807) is 0 Å². The summed E-state index contributed by atoms with van der Waals surface area (Å²) >= 11 is 0. The minimum Gasteiger partial charge on any atom is -0.396 e. The van der Waals surface area contributed by atoms with Crippen molar-refractivity contribution in [2.24, 2.45) is 11.8 Å². The fourth-order valence-corrected chi connectivity index (χ4v) is 1.69. The van der Waals surface area contributed by atoms with Gasteiger partial charge in [0.1, 0.15) is 0 Å². The van der Waals surface area contributed by atoms with E-state index in [1.165, 1.54) is 6.42 Å². The van der Waals surface area contributed by atoms with Crippen molar-refractivity contribution >= 4 is 0 Å². The summed E-state index contributed by atoms with van der Waals surface area (Å²) in [6.07, 6.45) is 2.33. The molecule has 2 unspecified atom stereocenters. The molecule has 0 fully saturated rings. The zero-order chi connectivity index (χ0) is 9.56. The van der Waals surface area contributed by atoms with E-state index in [0.717, 1.165) is 6.42 Å². The van der Waals surface area contributed by atoms with Crippen molar-refractivity contribution in [3.8, 4) is 0 Å². The molecule has 0 amide bonds. The summed E-state index contributed by atoms with van der Waals surface area (Å²) in [5.74, 6) is 0.953. The zero-order valence-corrected chi connectivity index (χ0v) is 8.80. The normalized spacial score (nSPS) is 16.5. The van der Waals surface area contributed by atoms with Crippen LogP contribution in [0.5, 0.6) is 0 Å².